The van der Waals surface area contributed by atoms with Gasteiger partial charge >= 0.3 is 0 Å². The van der Waals surface area contributed by atoms with E-state index in [0.717, 1.165) is 19.4 Å². The number of guanidine groups is 1. The summed E-state index contributed by atoms with van der Waals surface area (Å²) in [5.41, 5.74) is 5.99. The van der Waals surface area contributed by atoms with E-state index in [1.54, 1.807) is 0 Å². The van der Waals surface area contributed by atoms with Gasteiger partial charge in [0.25, 0.3) is 0 Å². The molecule has 1 saturated carbocycles. The number of hydrogen-bond acceptors (Lipinski definition) is 2. The van der Waals surface area contributed by atoms with Crippen molar-refractivity contribution in [2.75, 3.05) is 6.61 Å². The lowest BCUT2D eigenvalue weighted by Crippen LogP contribution is -2.55. The normalized spacial score (nSPS) is 25.6. The van der Waals surface area contributed by atoms with Crippen molar-refractivity contribution in [3.05, 3.63) is 0 Å². The number of aliphatic imine (C=N–C) groups is 1. The van der Waals surface area contributed by atoms with Crippen LogP contribution in [-0.2, 0) is 4.74 Å². The molecule has 120 valence electrons. The number of unbranched alkanes of at least 4 members (excludes halogenated alkanes) is 1. The van der Waals surface area contributed by atoms with Gasteiger partial charge in [-0.15, -0.1) is 24.0 Å². The van der Waals surface area contributed by atoms with E-state index in [1.807, 2.05) is 0 Å². The number of halogens is 1. The number of ether oxygens (including phenoxy) is 1. The van der Waals surface area contributed by atoms with Gasteiger partial charge < -0.3 is 15.8 Å². The van der Waals surface area contributed by atoms with Gasteiger partial charge in [0.05, 0.1) is 12.1 Å². The van der Waals surface area contributed by atoms with Crippen LogP contribution >= 0.6 is 24.0 Å². The fourth-order valence-corrected chi connectivity index (χ4v) is 2.32. The first kappa shape index (κ1) is 20.0. The molecule has 1 aliphatic rings. The third-order valence-corrected chi connectivity index (χ3v) is 3.74. The van der Waals surface area contributed by atoms with Crippen LogP contribution < -0.4 is 11.1 Å². The average molecular weight is 397 g/mol. The summed E-state index contributed by atoms with van der Waals surface area (Å²) in [5.74, 6) is 0.539. The quantitative estimate of drug-likeness (QED) is 0.324. The van der Waals surface area contributed by atoms with Crippen molar-refractivity contribution in [1.82, 2.24) is 5.32 Å². The standard InChI is InChI=1S/C15H31N3O.HI/c1-7-8-9-19-12-10-11(15(12,5)6)17-13(16)18-14(2,3)4;/h11-12H,7-10H2,1-6H3,(H3,16,17,18);1H. The van der Waals surface area contributed by atoms with Crippen LogP contribution in [0, 0.1) is 5.41 Å². The summed E-state index contributed by atoms with van der Waals surface area (Å²) in [6.45, 7) is 13.7. The molecular weight excluding hydrogens is 365 g/mol. The van der Waals surface area contributed by atoms with Crippen LogP contribution in [0.2, 0.25) is 0 Å². The van der Waals surface area contributed by atoms with E-state index in [0.29, 0.717) is 12.1 Å². The van der Waals surface area contributed by atoms with Crippen LogP contribution in [0.15, 0.2) is 4.99 Å². The SMILES string of the molecule is CCCCOC1CC(N=C(N)NC(C)(C)C)C1(C)C.I. The number of nitrogens with two attached hydrogens (primary N) is 1. The van der Waals surface area contributed by atoms with Gasteiger partial charge in [-0.3, -0.25) is 0 Å². The number of hydrogen-bond donors (Lipinski definition) is 2. The molecule has 0 aromatic rings. The summed E-state index contributed by atoms with van der Waals surface area (Å²) in [4.78, 5) is 4.60. The Hall–Kier alpha value is -0.0400. The Bertz CT molecular complexity index is 324. The van der Waals surface area contributed by atoms with Crippen LogP contribution in [0.5, 0.6) is 0 Å². The minimum atomic E-state index is -0.0432. The van der Waals surface area contributed by atoms with E-state index in [9.17, 15) is 0 Å². The van der Waals surface area contributed by atoms with E-state index in [2.05, 4.69) is 51.9 Å². The zero-order valence-electron chi connectivity index (χ0n) is 13.8. The van der Waals surface area contributed by atoms with Gasteiger partial charge in [-0.1, -0.05) is 27.2 Å². The van der Waals surface area contributed by atoms with Crippen molar-refractivity contribution < 1.29 is 4.74 Å². The molecule has 0 radical (unpaired) electrons. The summed E-state index contributed by atoms with van der Waals surface area (Å²) in [5, 5.41) is 3.21. The molecule has 4 nitrogen and oxygen atoms in total. The van der Waals surface area contributed by atoms with E-state index in [-0.39, 0.29) is 41.0 Å². The van der Waals surface area contributed by atoms with E-state index < -0.39 is 0 Å². The largest absolute Gasteiger partial charge is 0.377 e. The van der Waals surface area contributed by atoms with Crippen LogP contribution in [0.25, 0.3) is 0 Å². The van der Waals surface area contributed by atoms with Gasteiger partial charge in [0.15, 0.2) is 5.96 Å². The van der Waals surface area contributed by atoms with Crippen molar-refractivity contribution in [2.24, 2.45) is 16.1 Å². The van der Waals surface area contributed by atoms with Crippen LogP contribution in [-0.4, -0.2) is 30.3 Å². The Kier molecular flexibility index (Phi) is 7.81. The Morgan fingerprint density at radius 3 is 2.45 bits per heavy atom. The number of nitrogens with zero attached hydrogens (tertiary/aromatic N) is 1. The molecule has 0 aromatic heterocycles. The van der Waals surface area contributed by atoms with E-state index >= 15 is 0 Å². The topological polar surface area (TPSA) is 59.6 Å². The predicted octanol–water partition coefficient (Wildman–Crippen LogP) is 3.29. The molecule has 5 heteroatoms. The highest BCUT2D eigenvalue weighted by Gasteiger charge is 2.49. The molecule has 0 spiro atoms. The molecule has 2 atom stereocenters. The highest BCUT2D eigenvalue weighted by Crippen LogP contribution is 2.44. The summed E-state index contributed by atoms with van der Waals surface area (Å²) in [6.07, 6.45) is 3.60. The van der Waals surface area contributed by atoms with E-state index in [4.69, 9.17) is 10.5 Å². The minimum absolute atomic E-state index is 0. The molecule has 0 heterocycles. The van der Waals surface area contributed by atoms with Crippen molar-refractivity contribution in [1.29, 1.82) is 0 Å². The molecular formula is C15H32IN3O. The summed E-state index contributed by atoms with van der Waals surface area (Å²) >= 11 is 0. The molecule has 1 rings (SSSR count). The first-order chi connectivity index (χ1) is 8.66. The molecule has 0 saturated heterocycles. The highest BCUT2D eigenvalue weighted by molar-refractivity contribution is 14.0. The van der Waals surface area contributed by atoms with Crippen molar-refractivity contribution in [3.63, 3.8) is 0 Å². The first-order valence-corrected chi connectivity index (χ1v) is 7.40. The molecule has 2 unspecified atom stereocenters. The molecule has 1 aliphatic carbocycles. The average Bonchev–Trinajstić information content (AvgIpc) is 2.24. The Morgan fingerprint density at radius 1 is 1.40 bits per heavy atom. The fourth-order valence-electron chi connectivity index (χ4n) is 2.32. The molecule has 20 heavy (non-hydrogen) atoms. The number of nitrogens with one attached hydrogen (secondary N) is 1. The fraction of sp³-hybridized carbons (Fsp3) is 0.933. The lowest BCUT2D eigenvalue weighted by Gasteiger charge is -2.49. The van der Waals surface area contributed by atoms with Crippen molar-refractivity contribution in [2.45, 2.75) is 78.5 Å². The molecule has 0 amide bonds. The monoisotopic (exact) mass is 397 g/mol. The number of rotatable bonds is 5. The van der Waals surface area contributed by atoms with Gasteiger partial charge in [-0.25, -0.2) is 4.99 Å². The molecule has 0 bridgehead atoms. The zero-order chi connectivity index (χ0) is 14.7. The minimum Gasteiger partial charge on any atom is -0.377 e. The van der Waals surface area contributed by atoms with Crippen molar-refractivity contribution >= 4 is 29.9 Å². The van der Waals surface area contributed by atoms with Gasteiger partial charge in [-0.2, -0.15) is 0 Å². The maximum absolute atomic E-state index is 5.96. The Morgan fingerprint density at radius 2 is 2.00 bits per heavy atom. The smallest absolute Gasteiger partial charge is 0.189 e. The summed E-state index contributed by atoms with van der Waals surface area (Å²) in [7, 11) is 0. The third-order valence-electron chi connectivity index (χ3n) is 3.74. The van der Waals surface area contributed by atoms with Gasteiger partial charge in [0, 0.05) is 17.6 Å². The summed E-state index contributed by atoms with van der Waals surface area (Å²) in [6, 6.07) is 0.258. The molecule has 0 aromatic carbocycles. The second-order valence-corrected chi connectivity index (χ2v) is 7.18. The maximum Gasteiger partial charge on any atom is 0.189 e. The maximum atomic E-state index is 5.96. The Labute approximate surface area is 141 Å². The van der Waals surface area contributed by atoms with Crippen molar-refractivity contribution in [3.8, 4) is 0 Å². The first-order valence-electron chi connectivity index (χ1n) is 7.40. The third kappa shape index (κ3) is 5.76. The lowest BCUT2D eigenvalue weighted by molar-refractivity contribution is -0.107. The lowest BCUT2D eigenvalue weighted by atomic mass is 9.65. The van der Waals surface area contributed by atoms with Gasteiger partial charge in [0.1, 0.15) is 0 Å². The highest BCUT2D eigenvalue weighted by atomic mass is 127. The van der Waals surface area contributed by atoms with Gasteiger partial charge in [0.2, 0.25) is 0 Å². The second kappa shape index (κ2) is 7.82. The second-order valence-electron chi connectivity index (χ2n) is 7.18. The predicted molar refractivity (Wildman–Crippen MR) is 96.8 cm³/mol. The van der Waals surface area contributed by atoms with Crippen LogP contribution in [0.1, 0.15) is 60.8 Å². The summed E-state index contributed by atoms with van der Waals surface area (Å²) < 4.78 is 5.92. The Balaban J connectivity index is 0.00000361. The van der Waals surface area contributed by atoms with Crippen LogP contribution in [0.4, 0.5) is 0 Å². The van der Waals surface area contributed by atoms with E-state index in [1.165, 1.54) is 6.42 Å². The van der Waals surface area contributed by atoms with Gasteiger partial charge in [-0.05, 0) is 33.6 Å². The molecule has 3 N–H and O–H groups in total. The zero-order valence-corrected chi connectivity index (χ0v) is 16.2. The van der Waals surface area contributed by atoms with Crippen LogP contribution in [0.3, 0.4) is 0 Å². The molecule has 1 fully saturated rings. The molecule has 0 aliphatic heterocycles.